The summed E-state index contributed by atoms with van der Waals surface area (Å²) >= 11 is 5.48. The molecule has 33 heavy (non-hydrogen) atoms. The molecule has 2 N–H and O–H groups in total. The molecule has 0 aromatic heterocycles. The summed E-state index contributed by atoms with van der Waals surface area (Å²) in [5, 5.41) is 13.0. The molecule has 0 saturated carbocycles. The van der Waals surface area contributed by atoms with Gasteiger partial charge in [-0.2, -0.15) is 12.6 Å². The molecule has 0 aliphatic carbocycles. The van der Waals surface area contributed by atoms with Crippen molar-refractivity contribution in [2.75, 3.05) is 37.6 Å². The van der Waals surface area contributed by atoms with Crippen LogP contribution < -0.4 is 10.1 Å². The van der Waals surface area contributed by atoms with Crippen LogP contribution in [0.2, 0.25) is 0 Å². The summed E-state index contributed by atoms with van der Waals surface area (Å²) in [5.41, 5.74) is 1.07. The monoisotopic (exact) mass is 495 g/mol. The van der Waals surface area contributed by atoms with Crippen molar-refractivity contribution >= 4 is 42.1 Å². The number of thioether (sulfide) groups is 1. The second kappa shape index (κ2) is 13.9. The Balaban J connectivity index is 2.24. The van der Waals surface area contributed by atoms with E-state index in [9.17, 15) is 14.7 Å². The molecule has 0 radical (unpaired) electrons. The van der Waals surface area contributed by atoms with E-state index in [2.05, 4.69) is 17.9 Å². The minimum Gasteiger partial charge on any atom is -0.504 e. The van der Waals surface area contributed by atoms with E-state index in [0.717, 1.165) is 4.90 Å². The number of thiol groups is 1. The molecule has 1 amide bonds. The number of esters is 1. The van der Waals surface area contributed by atoms with E-state index in [1.807, 2.05) is 25.3 Å². The van der Waals surface area contributed by atoms with Gasteiger partial charge in [-0.05, 0) is 55.1 Å². The molecular formula is C23H29NO7S2. The number of anilines is 1. The number of rotatable bonds is 12. The van der Waals surface area contributed by atoms with Crippen LogP contribution in [0.5, 0.6) is 11.5 Å². The molecule has 0 unspecified atom stereocenters. The summed E-state index contributed by atoms with van der Waals surface area (Å²) in [4.78, 5) is 25.2. The van der Waals surface area contributed by atoms with Crippen LogP contribution in [-0.2, 0) is 19.0 Å². The molecule has 0 aliphatic heterocycles. The zero-order valence-electron chi connectivity index (χ0n) is 18.8. The highest BCUT2D eigenvalue weighted by Crippen LogP contribution is 2.33. The molecule has 8 nitrogen and oxygen atoms in total. The third-order valence-electron chi connectivity index (χ3n) is 4.61. The lowest BCUT2D eigenvalue weighted by Gasteiger charge is -2.27. The molecule has 0 bridgehead atoms. The van der Waals surface area contributed by atoms with E-state index in [0.29, 0.717) is 17.9 Å². The molecule has 0 heterocycles. The molecule has 0 aliphatic rings. The van der Waals surface area contributed by atoms with Crippen LogP contribution in [0.4, 0.5) is 10.5 Å². The number of nitrogens with one attached hydrogen (secondary N) is 1. The molecule has 2 atom stereocenters. The van der Waals surface area contributed by atoms with E-state index >= 15 is 0 Å². The van der Waals surface area contributed by atoms with Crippen molar-refractivity contribution in [3.63, 3.8) is 0 Å². The first-order valence-electron chi connectivity index (χ1n) is 10.3. The zero-order chi connectivity index (χ0) is 24.2. The first-order chi connectivity index (χ1) is 15.9. The summed E-state index contributed by atoms with van der Waals surface area (Å²) in [6.07, 6.45) is 0.0133. The highest BCUT2D eigenvalue weighted by Gasteiger charge is 2.29. The summed E-state index contributed by atoms with van der Waals surface area (Å²) in [6, 6.07) is 12.0. The van der Waals surface area contributed by atoms with Crippen molar-refractivity contribution in [3.05, 3.63) is 48.0 Å². The van der Waals surface area contributed by atoms with Gasteiger partial charge in [0.2, 0.25) is 0 Å². The molecule has 2 aromatic carbocycles. The van der Waals surface area contributed by atoms with Gasteiger partial charge >= 0.3 is 12.1 Å². The quantitative estimate of drug-likeness (QED) is 0.222. The third kappa shape index (κ3) is 8.38. The van der Waals surface area contributed by atoms with Gasteiger partial charge in [0.15, 0.2) is 17.6 Å². The number of phenols is 1. The van der Waals surface area contributed by atoms with E-state index in [-0.39, 0.29) is 30.3 Å². The maximum atomic E-state index is 12.7. The summed E-state index contributed by atoms with van der Waals surface area (Å²) in [6.45, 7) is 2.21. The number of carbonyl (C=O) groups excluding carboxylic acids is 2. The average Bonchev–Trinajstić information content (AvgIpc) is 2.82. The number of methoxy groups -OCH3 is 1. The fourth-order valence-corrected chi connectivity index (χ4v) is 3.55. The molecule has 0 fully saturated rings. The van der Waals surface area contributed by atoms with Crippen LogP contribution >= 0.6 is 24.4 Å². The predicted octanol–water partition coefficient (Wildman–Crippen LogP) is 4.68. The molecular weight excluding hydrogens is 466 g/mol. The molecule has 2 aromatic rings. The third-order valence-corrected chi connectivity index (χ3v) is 5.62. The minimum atomic E-state index is -0.887. The van der Waals surface area contributed by atoms with E-state index in [1.165, 1.54) is 13.2 Å². The summed E-state index contributed by atoms with van der Waals surface area (Å²) < 4.78 is 21.8. The van der Waals surface area contributed by atoms with Gasteiger partial charge in [0.05, 0.1) is 19.5 Å². The zero-order valence-corrected chi connectivity index (χ0v) is 20.5. The Hall–Kier alpha value is -2.56. The Labute approximate surface area is 203 Å². The lowest BCUT2D eigenvalue weighted by atomic mass is 10.0. The van der Waals surface area contributed by atoms with Crippen molar-refractivity contribution in [1.29, 1.82) is 0 Å². The smallest absolute Gasteiger partial charge is 0.412 e. The lowest BCUT2D eigenvalue weighted by molar-refractivity contribution is -0.142. The SMILES string of the molecule is CCO[C@@H](CCOC(=O)CS)[C@@H](OC(=O)Nc1ccc(SC)cc1)c1ccc(OC)c(O)c1. The van der Waals surface area contributed by atoms with Crippen molar-refractivity contribution in [1.82, 2.24) is 0 Å². The highest BCUT2D eigenvalue weighted by atomic mass is 32.2. The topological polar surface area (TPSA) is 103 Å². The van der Waals surface area contributed by atoms with E-state index in [4.69, 9.17) is 18.9 Å². The number of phenolic OH excluding ortho intramolecular Hbond substituents is 1. The Morgan fingerprint density at radius 1 is 1.18 bits per heavy atom. The number of aromatic hydroxyl groups is 1. The van der Waals surface area contributed by atoms with Crippen molar-refractivity contribution < 1.29 is 33.6 Å². The molecule has 10 heteroatoms. The summed E-state index contributed by atoms with van der Waals surface area (Å²) in [7, 11) is 1.44. The van der Waals surface area contributed by atoms with Crippen LogP contribution in [0.1, 0.15) is 25.0 Å². The first kappa shape index (κ1) is 26.7. The van der Waals surface area contributed by atoms with Crippen molar-refractivity contribution in [2.45, 2.75) is 30.4 Å². The fraction of sp³-hybridized carbons (Fsp3) is 0.391. The van der Waals surface area contributed by atoms with Gasteiger partial charge in [0.25, 0.3) is 0 Å². The molecule has 0 spiro atoms. The average molecular weight is 496 g/mol. The van der Waals surface area contributed by atoms with E-state index < -0.39 is 24.3 Å². The van der Waals surface area contributed by atoms with Crippen LogP contribution in [0, 0.1) is 0 Å². The highest BCUT2D eigenvalue weighted by molar-refractivity contribution is 7.98. The standard InChI is InChI=1S/C23H29NO7S2/c1-4-29-20(11-12-30-21(26)14-32)22(15-5-10-19(28-2)18(25)13-15)31-23(27)24-16-6-8-17(33-3)9-7-16/h5-10,13,20,22,25,32H,4,11-12,14H2,1-3H3,(H,24,27)/t20-,22-/m0/s1. The second-order valence-corrected chi connectivity index (χ2v) is 7.97. The van der Waals surface area contributed by atoms with Gasteiger partial charge in [0.1, 0.15) is 6.10 Å². The predicted molar refractivity (Wildman–Crippen MR) is 131 cm³/mol. The minimum absolute atomic E-state index is 0.0384. The maximum absolute atomic E-state index is 12.7. The van der Waals surface area contributed by atoms with Crippen LogP contribution in [0.25, 0.3) is 0 Å². The fourth-order valence-electron chi connectivity index (χ4n) is 3.05. The van der Waals surface area contributed by atoms with Gasteiger partial charge < -0.3 is 24.1 Å². The van der Waals surface area contributed by atoms with Crippen molar-refractivity contribution in [3.8, 4) is 11.5 Å². The van der Waals surface area contributed by atoms with Crippen LogP contribution in [-0.4, -0.2) is 55.6 Å². The second-order valence-electron chi connectivity index (χ2n) is 6.77. The van der Waals surface area contributed by atoms with Crippen LogP contribution in [0.15, 0.2) is 47.4 Å². The van der Waals surface area contributed by atoms with Crippen molar-refractivity contribution in [2.24, 2.45) is 0 Å². The number of carbonyl (C=O) groups is 2. The Morgan fingerprint density at radius 2 is 1.91 bits per heavy atom. The number of benzene rings is 2. The first-order valence-corrected chi connectivity index (χ1v) is 12.1. The van der Waals surface area contributed by atoms with Gasteiger partial charge in [0, 0.05) is 23.6 Å². The Bertz CT molecular complexity index is 908. The van der Waals surface area contributed by atoms with Crippen LogP contribution in [0.3, 0.4) is 0 Å². The lowest BCUT2D eigenvalue weighted by Crippen LogP contribution is -2.30. The molecule has 180 valence electrons. The molecule has 0 saturated heterocycles. The number of amides is 1. The number of hydrogen-bond donors (Lipinski definition) is 3. The maximum Gasteiger partial charge on any atom is 0.412 e. The number of hydrogen-bond acceptors (Lipinski definition) is 9. The van der Waals surface area contributed by atoms with Gasteiger partial charge in [-0.1, -0.05) is 6.07 Å². The van der Waals surface area contributed by atoms with Gasteiger partial charge in [-0.3, -0.25) is 10.1 Å². The summed E-state index contributed by atoms with van der Waals surface area (Å²) in [5.74, 6) is -0.317. The van der Waals surface area contributed by atoms with E-state index in [1.54, 1.807) is 36.0 Å². The number of ether oxygens (including phenoxy) is 4. The normalized spacial score (nSPS) is 12.5. The largest absolute Gasteiger partial charge is 0.504 e. The Morgan fingerprint density at radius 3 is 2.48 bits per heavy atom. The Kier molecular flexibility index (Phi) is 11.2. The molecule has 2 rings (SSSR count). The van der Waals surface area contributed by atoms with Gasteiger partial charge in [-0.15, -0.1) is 11.8 Å². The van der Waals surface area contributed by atoms with Gasteiger partial charge in [-0.25, -0.2) is 4.79 Å².